The Morgan fingerprint density at radius 3 is 2.04 bits per heavy atom. The first kappa shape index (κ1) is 13.9. The Bertz CT molecular complexity index is 980. The van der Waals surface area contributed by atoms with E-state index in [-0.39, 0.29) is 11.4 Å². The molecule has 2 aromatic carbocycles. The normalized spacial score (nSPS) is 13.0. The number of nitriles is 1. The first-order valence-electron chi connectivity index (χ1n) is 7.23. The lowest BCUT2D eigenvalue weighted by Gasteiger charge is -2.16. The number of aromatic nitrogens is 2. The van der Waals surface area contributed by atoms with Crippen LogP contribution in [0.15, 0.2) is 60.8 Å². The summed E-state index contributed by atoms with van der Waals surface area (Å²) in [6.45, 7) is 0. The maximum atomic E-state index is 12.7. The van der Waals surface area contributed by atoms with Gasteiger partial charge in [0, 0.05) is 0 Å². The molecule has 1 aliphatic heterocycles. The number of anilines is 1. The van der Waals surface area contributed by atoms with Crippen LogP contribution in [0.3, 0.4) is 0 Å². The van der Waals surface area contributed by atoms with Crippen molar-refractivity contribution in [2.75, 3.05) is 4.90 Å². The molecule has 0 unspecified atom stereocenters. The second-order valence-corrected chi connectivity index (χ2v) is 5.23. The number of benzene rings is 2. The van der Waals surface area contributed by atoms with Gasteiger partial charge < -0.3 is 0 Å². The van der Waals surface area contributed by atoms with Crippen molar-refractivity contribution in [1.82, 2.24) is 9.78 Å². The first-order chi connectivity index (χ1) is 11.7. The van der Waals surface area contributed by atoms with Crippen LogP contribution in [0, 0.1) is 11.3 Å². The van der Waals surface area contributed by atoms with Crippen molar-refractivity contribution in [1.29, 1.82) is 5.26 Å². The number of fused-ring (bicyclic) bond motifs is 1. The van der Waals surface area contributed by atoms with Crippen molar-refractivity contribution < 1.29 is 9.59 Å². The monoisotopic (exact) mass is 314 g/mol. The smallest absolute Gasteiger partial charge is 0.267 e. The third-order valence-corrected chi connectivity index (χ3v) is 3.87. The van der Waals surface area contributed by atoms with Gasteiger partial charge in [0.15, 0.2) is 5.82 Å². The SMILES string of the molecule is N#Cc1cnn(-c2ccccc2)c1N1C(=O)c2ccccc2C1=O. The fourth-order valence-electron chi connectivity index (χ4n) is 2.78. The molecule has 24 heavy (non-hydrogen) atoms. The van der Waals surface area contributed by atoms with Crippen LogP contribution in [0.4, 0.5) is 5.82 Å². The second kappa shape index (κ2) is 5.18. The number of carbonyl (C=O) groups excluding carboxylic acids is 2. The number of rotatable bonds is 2. The van der Waals surface area contributed by atoms with Gasteiger partial charge in [0.05, 0.1) is 23.0 Å². The van der Waals surface area contributed by atoms with E-state index in [1.54, 1.807) is 36.4 Å². The van der Waals surface area contributed by atoms with E-state index in [2.05, 4.69) is 5.10 Å². The third-order valence-electron chi connectivity index (χ3n) is 3.87. The molecule has 0 N–H and O–H groups in total. The lowest BCUT2D eigenvalue weighted by molar-refractivity contribution is 0.0924. The van der Waals surface area contributed by atoms with E-state index < -0.39 is 11.8 Å². The van der Waals surface area contributed by atoms with Gasteiger partial charge in [-0.3, -0.25) is 9.59 Å². The van der Waals surface area contributed by atoms with E-state index in [0.29, 0.717) is 16.8 Å². The Morgan fingerprint density at radius 2 is 1.46 bits per heavy atom. The minimum Gasteiger partial charge on any atom is -0.268 e. The van der Waals surface area contributed by atoms with Crippen LogP contribution < -0.4 is 4.90 Å². The predicted octanol–water partition coefficient (Wildman–Crippen LogP) is 2.54. The Labute approximate surface area is 137 Å². The molecule has 1 aliphatic rings. The molecule has 114 valence electrons. The highest BCUT2D eigenvalue weighted by atomic mass is 16.2. The van der Waals surface area contributed by atoms with Crippen LogP contribution in [0.25, 0.3) is 5.69 Å². The molecule has 0 spiro atoms. The van der Waals surface area contributed by atoms with Crippen LogP contribution in [-0.2, 0) is 0 Å². The molecule has 3 aromatic rings. The maximum Gasteiger partial charge on any atom is 0.267 e. The number of imide groups is 1. The molecule has 0 radical (unpaired) electrons. The van der Waals surface area contributed by atoms with Crippen molar-refractivity contribution in [2.24, 2.45) is 0 Å². The molecule has 1 aromatic heterocycles. The van der Waals surface area contributed by atoms with E-state index in [1.807, 2.05) is 24.3 Å². The molecule has 6 nitrogen and oxygen atoms in total. The van der Waals surface area contributed by atoms with Gasteiger partial charge in [-0.2, -0.15) is 10.4 Å². The number of carbonyl (C=O) groups is 2. The summed E-state index contributed by atoms with van der Waals surface area (Å²) in [5.41, 5.74) is 1.47. The van der Waals surface area contributed by atoms with Gasteiger partial charge in [-0.05, 0) is 24.3 Å². The summed E-state index contributed by atoms with van der Waals surface area (Å²) in [6.07, 6.45) is 1.35. The molecule has 0 bridgehead atoms. The van der Waals surface area contributed by atoms with Crippen LogP contribution in [0.5, 0.6) is 0 Å². The quantitative estimate of drug-likeness (QED) is 0.681. The largest absolute Gasteiger partial charge is 0.268 e. The van der Waals surface area contributed by atoms with Gasteiger partial charge in [0.2, 0.25) is 0 Å². The molecule has 2 heterocycles. The van der Waals surface area contributed by atoms with Gasteiger partial charge in [-0.1, -0.05) is 30.3 Å². The third kappa shape index (κ3) is 1.85. The van der Waals surface area contributed by atoms with E-state index in [1.165, 1.54) is 10.9 Å². The van der Waals surface area contributed by atoms with Gasteiger partial charge in [0.1, 0.15) is 11.6 Å². The summed E-state index contributed by atoms with van der Waals surface area (Å²) < 4.78 is 1.43. The molecule has 0 fully saturated rings. The van der Waals surface area contributed by atoms with E-state index >= 15 is 0 Å². The van der Waals surface area contributed by atoms with Gasteiger partial charge in [-0.25, -0.2) is 9.58 Å². The number of para-hydroxylation sites is 1. The van der Waals surface area contributed by atoms with Crippen molar-refractivity contribution in [2.45, 2.75) is 0 Å². The molecule has 0 saturated carbocycles. The molecule has 0 atom stereocenters. The number of hydrogen-bond donors (Lipinski definition) is 0. The molecule has 0 saturated heterocycles. The molecular formula is C18H10N4O2. The van der Waals surface area contributed by atoms with Gasteiger partial charge in [0.25, 0.3) is 11.8 Å². The lowest BCUT2D eigenvalue weighted by Crippen LogP contribution is -2.32. The standard InChI is InChI=1S/C18H10N4O2/c19-10-12-11-20-22(13-6-2-1-3-7-13)16(12)21-17(23)14-8-4-5-9-15(14)18(21)24/h1-9,11H. The molecule has 4 rings (SSSR count). The van der Waals surface area contributed by atoms with Crippen molar-refractivity contribution >= 4 is 17.6 Å². The van der Waals surface area contributed by atoms with Crippen LogP contribution in [0.2, 0.25) is 0 Å². The highest BCUT2D eigenvalue weighted by Crippen LogP contribution is 2.32. The zero-order valence-electron chi connectivity index (χ0n) is 12.4. The topological polar surface area (TPSA) is 79.0 Å². The molecular weight excluding hydrogens is 304 g/mol. The summed E-state index contributed by atoms with van der Waals surface area (Å²) in [5.74, 6) is -0.746. The fourth-order valence-corrected chi connectivity index (χ4v) is 2.78. The van der Waals surface area contributed by atoms with Gasteiger partial charge >= 0.3 is 0 Å². The van der Waals surface area contributed by atoms with E-state index in [0.717, 1.165) is 4.90 Å². The van der Waals surface area contributed by atoms with Crippen LogP contribution in [-0.4, -0.2) is 21.6 Å². The summed E-state index contributed by atoms with van der Waals surface area (Å²) in [6, 6.07) is 17.7. The highest BCUT2D eigenvalue weighted by Gasteiger charge is 2.39. The van der Waals surface area contributed by atoms with E-state index in [4.69, 9.17) is 0 Å². The first-order valence-corrected chi connectivity index (χ1v) is 7.23. The van der Waals surface area contributed by atoms with Gasteiger partial charge in [-0.15, -0.1) is 0 Å². The summed E-state index contributed by atoms with van der Waals surface area (Å²) in [5, 5.41) is 13.6. The number of nitrogens with zero attached hydrogens (tertiary/aromatic N) is 4. The number of amides is 2. The Morgan fingerprint density at radius 1 is 0.875 bits per heavy atom. The predicted molar refractivity (Wildman–Crippen MR) is 85.9 cm³/mol. The van der Waals surface area contributed by atoms with Crippen LogP contribution >= 0.6 is 0 Å². The molecule has 6 heteroatoms. The molecule has 2 amide bonds. The zero-order chi connectivity index (χ0) is 16.7. The Balaban J connectivity index is 1.93. The Hall–Kier alpha value is -3.72. The van der Waals surface area contributed by atoms with Crippen molar-refractivity contribution in [3.8, 4) is 11.8 Å². The van der Waals surface area contributed by atoms with Crippen LogP contribution in [0.1, 0.15) is 26.3 Å². The second-order valence-electron chi connectivity index (χ2n) is 5.23. The number of hydrogen-bond acceptors (Lipinski definition) is 4. The summed E-state index contributed by atoms with van der Waals surface area (Å²) >= 11 is 0. The zero-order valence-corrected chi connectivity index (χ0v) is 12.4. The minimum atomic E-state index is -0.454. The average Bonchev–Trinajstić information content (AvgIpc) is 3.15. The summed E-state index contributed by atoms with van der Waals surface area (Å²) in [7, 11) is 0. The average molecular weight is 314 g/mol. The van der Waals surface area contributed by atoms with Crippen molar-refractivity contribution in [3.63, 3.8) is 0 Å². The molecule has 0 aliphatic carbocycles. The lowest BCUT2D eigenvalue weighted by atomic mass is 10.1. The Kier molecular flexibility index (Phi) is 3.00. The summed E-state index contributed by atoms with van der Waals surface area (Å²) in [4.78, 5) is 26.4. The van der Waals surface area contributed by atoms with E-state index in [9.17, 15) is 14.9 Å². The highest BCUT2D eigenvalue weighted by molar-refractivity contribution is 6.34. The van der Waals surface area contributed by atoms with Crippen molar-refractivity contribution in [3.05, 3.63) is 77.5 Å². The minimum absolute atomic E-state index is 0.161. The maximum absolute atomic E-state index is 12.7. The fraction of sp³-hybridized carbons (Fsp3) is 0.